The van der Waals surface area contributed by atoms with Gasteiger partial charge in [-0.15, -0.1) is 0 Å². The smallest absolute Gasteiger partial charge is 0.243 e. The number of hydrogen-bond acceptors (Lipinski definition) is 5. The number of benzene rings is 1. The summed E-state index contributed by atoms with van der Waals surface area (Å²) in [5.74, 6) is 0.377. The molecule has 3 heterocycles. The summed E-state index contributed by atoms with van der Waals surface area (Å²) in [4.78, 5) is 15.6. The van der Waals surface area contributed by atoms with E-state index in [1.165, 1.54) is 22.9 Å². The van der Waals surface area contributed by atoms with Crippen molar-refractivity contribution in [2.75, 3.05) is 32.7 Å². The Morgan fingerprint density at radius 2 is 1.84 bits per heavy atom. The number of hydrogen-bond donors (Lipinski definition) is 1. The van der Waals surface area contributed by atoms with Crippen molar-refractivity contribution in [2.45, 2.75) is 43.0 Å². The average molecular weight is 480 g/mol. The number of amides is 1. The van der Waals surface area contributed by atoms with Crippen LogP contribution >= 0.6 is 11.6 Å². The molecule has 0 spiro atoms. The first-order valence-corrected chi connectivity index (χ1v) is 13.1. The van der Waals surface area contributed by atoms with Gasteiger partial charge >= 0.3 is 0 Å². The number of halogens is 1. The molecule has 1 aromatic carbocycles. The predicted octanol–water partition coefficient (Wildman–Crippen LogP) is 3.68. The summed E-state index contributed by atoms with van der Waals surface area (Å²) in [5.41, 5.74) is 0. The van der Waals surface area contributed by atoms with E-state index in [0.717, 1.165) is 31.7 Å². The Labute approximate surface area is 194 Å². The van der Waals surface area contributed by atoms with Crippen molar-refractivity contribution in [1.29, 1.82) is 0 Å². The van der Waals surface area contributed by atoms with Crippen molar-refractivity contribution in [3.8, 4) is 0 Å². The molecule has 2 atom stereocenters. The normalized spacial score (nSPS) is 21.8. The standard InChI is InChI=1S/C23H30ClN3O4S/c24-19-8-10-20(11-9-19)32(29,30)27-14-4-6-18(17-27)23(28)25-16-21(22-7-5-15-31-22)26-12-2-1-3-13-26/h5,7-11,15,18,21H,1-4,6,12-14,16-17H2,(H,25,28)/t18-,21-/m1/s1. The summed E-state index contributed by atoms with van der Waals surface area (Å²) in [6.45, 7) is 3.02. The summed E-state index contributed by atoms with van der Waals surface area (Å²) in [6.07, 6.45) is 6.51. The van der Waals surface area contributed by atoms with Crippen LogP contribution in [0.15, 0.2) is 52.0 Å². The summed E-state index contributed by atoms with van der Waals surface area (Å²) in [7, 11) is -3.66. The third-order valence-corrected chi connectivity index (χ3v) is 8.51. The minimum absolute atomic E-state index is 0.00764. The highest BCUT2D eigenvalue weighted by Gasteiger charge is 2.34. The maximum atomic E-state index is 13.0. The van der Waals surface area contributed by atoms with Gasteiger partial charge in [-0.05, 0) is 75.2 Å². The molecule has 2 aromatic rings. The topological polar surface area (TPSA) is 82.9 Å². The lowest BCUT2D eigenvalue weighted by atomic mass is 9.98. The second-order valence-electron chi connectivity index (χ2n) is 8.53. The van der Waals surface area contributed by atoms with Gasteiger partial charge in [0.05, 0.1) is 23.1 Å². The molecule has 0 aliphatic carbocycles. The molecule has 2 aliphatic rings. The van der Waals surface area contributed by atoms with E-state index in [9.17, 15) is 13.2 Å². The van der Waals surface area contributed by atoms with Gasteiger partial charge in [-0.2, -0.15) is 4.31 Å². The van der Waals surface area contributed by atoms with Crippen LogP contribution in [0.3, 0.4) is 0 Å². The molecule has 2 saturated heterocycles. The minimum Gasteiger partial charge on any atom is -0.468 e. The fourth-order valence-corrected chi connectivity index (χ4v) is 6.24. The molecule has 1 amide bonds. The summed E-state index contributed by atoms with van der Waals surface area (Å²) < 4.78 is 33.1. The Balaban J connectivity index is 1.39. The molecule has 1 aromatic heterocycles. The van der Waals surface area contributed by atoms with E-state index in [1.807, 2.05) is 12.1 Å². The molecule has 9 heteroatoms. The number of piperidine rings is 2. The summed E-state index contributed by atoms with van der Waals surface area (Å²) >= 11 is 5.89. The van der Waals surface area contributed by atoms with E-state index in [2.05, 4.69) is 10.2 Å². The second kappa shape index (κ2) is 10.4. The van der Waals surface area contributed by atoms with E-state index in [0.29, 0.717) is 31.0 Å². The van der Waals surface area contributed by atoms with Crippen LogP contribution < -0.4 is 5.32 Å². The third kappa shape index (κ3) is 5.36. The van der Waals surface area contributed by atoms with Crippen LogP contribution in [-0.4, -0.2) is 56.3 Å². The fraction of sp³-hybridized carbons (Fsp3) is 0.522. The van der Waals surface area contributed by atoms with Crippen molar-refractivity contribution in [2.24, 2.45) is 5.92 Å². The van der Waals surface area contributed by atoms with Crippen LogP contribution in [0.4, 0.5) is 0 Å². The van der Waals surface area contributed by atoms with Gasteiger partial charge in [-0.25, -0.2) is 8.42 Å². The molecular formula is C23H30ClN3O4S. The molecule has 7 nitrogen and oxygen atoms in total. The van der Waals surface area contributed by atoms with E-state index >= 15 is 0 Å². The Bertz CT molecular complexity index is 989. The molecular weight excluding hydrogens is 450 g/mol. The zero-order chi connectivity index (χ0) is 22.6. The van der Waals surface area contributed by atoms with Gasteiger partial charge in [-0.3, -0.25) is 9.69 Å². The minimum atomic E-state index is -3.66. The highest BCUT2D eigenvalue weighted by Crippen LogP contribution is 2.27. The summed E-state index contributed by atoms with van der Waals surface area (Å²) in [5, 5.41) is 3.56. The predicted molar refractivity (Wildman–Crippen MR) is 123 cm³/mol. The number of carbonyl (C=O) groups is 1. The number of nitrogens with one attached hydrogen (secondary N) is 1. The van der Waals surface area contributed by atoms with Crippen LogP contribution in [0, 0.1) is 5.92 Å². The van der Waals surface area contributed by atoms with Crippen LogP contribution in [-0.2, 0) is 14.8 Å². The number of nitrogens with zero attached hydrogens (tertiary/aromatic N) is 2. The summed E-state index contributed by atoms with van der Waals surface area (Å²) in [6, 6.07) is 9.96. The Kier molecular flexibility index (Phi) is 7.55. The van der Waals surface area contributed by atoms with Crippen molar-refractivity contribution >= 4 is 27.5 Å². The van der Waals surface area contributed by atoms with Gasteiger partial charge in [-0.1, -0.05) is 18.0 Å². The van der Waals surface area contributed by atoms with Crippen LogP contribution in [0.5, 0.6) is 0 Å². The van der Waals surface area contributed by atoms with E-state index in [1.54, 1.807) is 18.4 Å². The highest BCUT2D eigenvalue weighted by atomic mass is 35.5. The van der Waals surface area contributed by atoms with Gasteiger partial charge in [0.15, 0.2) is 0 Å². The first kappa shape index (κ1) is 23.3. The van der Waals surface area contributed by atoms with Crippen molar-refractivity contribution in [3.05, 3.63) is 53.4 Å². The number of carbonyl (C=O) groups excluding carboxylic acids is 1. The molecule has 0 saturated carbocycles. The van der Waals surface area contributed by atoms with E-state index < -0.39 is 10.0 Å². The van der Waals surface area contributed by atoms with Gasteiger partial charge in [0.25, 0.3) is 0 Å². The van der Waals surface area contributed by atoms with E-state index in [-0.39, 0.29) is 29.3 Å². The van der Waals surface area contributed by atoms with Crippen LogP contribution in [0.25, 0.3) is 0 Å². The molecule has 32 heavy (non-hydrogen) atoms. The molecule has 0 radical (unpaired) electrons. The SMILES string of the molecule is O=C(NC[C@H](c1ccco1)N1CCCCC1)[C@@H]1CCCN(S(=O)(=O)c2ccc(Cl)cc2)C1. The lowest BCUT2D eigenvalue weighted by Crippen LogP contribution is -2.47. The first-order chi connectivity index (χ1) is 15.4. The van der Waals surface area contributed by atoms with Crippen molar-refractivity contribution in [1.82, 2.24) is 14.5 Å². The molecule has 2 aliphatic heterocycles. The highest BCUT2D eigenvalue weighted by molar-refractivity contribution is 7.89. The van der Waals surface area contributed by atoms with Gasteiger partial charge in [0, 0.05) is 24.7 Å². The lowest BCUT2D eigenvalue weighted by molar-refractivity contribution is -0.126. The molecule has 0 unspecified atom stereocenters. The van der Waals surface area contributed by atoms with Crippen LogP contribution in [0.1, 0.15) is 43.9 Å². The molecule has 174 valence electrons. The number of sulfonamides is 1. The first-order valence-electron chi connectivity index (χ1n) is 11.3. The average Bonchev–Trinajstić information content (AvgIpc) is 3.35. The maximum Gasteiger partial charge on any atom is 0.243 e. The zero-order valence-electron chi connectivity index (χ0n) is 18.1. The zero-order valence-corrected chi connectivity index (χ0v) is 19.7. The third-order valence-electron chi connectivity index (χ3n) is 6.38. The monoisotopic (exact) mass is 479 g/mol. The van der Waals surface area contributed by atoms with Crippen molar-refractivity contribution in [3.63, 3.8) is 0 Å². The number of rotatable bonds is 7. The fourth-order valence-electron chi connectivity index (χ4n) is 4.59. The number of likely N-dealkylation sites (tertiary alicyclic amines) is 1. The second-order valence-corrected chi connectivity index (χ2v) is 10.9. The number of furan rings is 1. The quantitative estimate of drug-likeness (QED) is 0.655. The van der Waals surface area contributed by atoms with Gasteiger partial charge in [0.1, 0.15) is 5.76 Å². The lowest BCUT2D eigenvalue weighted by Gasteiger charge is -2.34. The Morgan fingerprint density at radius 3 is 2.53 bits per heavy atom. The van der Waals surface area contributed by atoms with Crippen LogP contribution in [0.2, 0.25) is 5.02 Å². The molecule has 2 fully saturated rings. The van der Waals surface area contributed by atoms with E-state index in [4.69, 9.17) is 16.0 Å². The largest absolute Gasteiger partial charge is 0.468 e. The van der Waals surface area contributed by atoms with Gasteiger partial charge < -0.3 is 9.73 Å². The molecule has 4 rings (SSSR count). The Hall–Kier alpha value is -1.87. The van der Waals surface area contributed by atoms with Gasteiger partial charge in [0.2, 0.25) is 15.9 Å². The molecule has 0 bridgehead atoms. The van der Waals surface area contributed by atoms with Crippen molar-refractivity contribution < 1.29 is 17.6 Å². The molecule has 1 N–H and O–H groups in total. The maximum absolute atomic E-state index is 13.0. The Morgan fingerprint density at radius 1 is 1.09 bits per heavy atom.